The summed E-state index contributed by atoms with van der Waals surface area (Å²) in [6.07, 6.45) is 1.52. The number of ether oxygens (including phenoxy) is 3. The Morgan fingerprint density at radius 2 is 1.71 bits per heavy atom. The highest BCUT2D eigenvalue weighted by molar-refractivity contribution is 6.32. The summed E-state index contributed by atoms with van der Waals surface area (Å²) in [5, 5.41) is 4.41. The number of nitrogens with zero attached hydrogens (tertiary/aromatic N) is 1. The maximum absolute atomic E-state index is 11.9. The van der Waals surface area contributed by atoms with Crippen molar-refractivity contribution in [2.45, 2.75) is 13.5 Å². The Morgan fingerprint density at radius 3 is 2.48 bits per heavy atom. The predicted molar refractivity (Wildman–Crippen MR) is 121 cm³/mol. The Bertz CT molecular complexity index is 1030. The van der Waals surface area contributed by atoms with Crippen molar-refractivity contribution in [2.75, 3.05) is 13.2 Å². The number of hydrogen-bond acceptors (Lipinski definition) is 5. The highest BCUT2D eigenvalue weighted by Crippen LogP contribution is 2.29. The van der Waals surface area contributed by atoms with E-state index in [0.29, 0.717) is 35.5 Å². The number of carbonyl (C=O) groups excluding carboxylic acids is 1. The molecule has 6 nitrogen and oxygen atoms in total. The van der Waals surface area contributed by atoms with E-state index in [1.807, 2.05) is 49.4 Å². The Morgan fingerprint density at radius 1 is 0.935 bits per heavy atom. The highest BCUT2D eigenvalue weighted by atomic mass is 35.5. The summed E-state index contributed by atoms with van der Waals surface area (Å²) in [5.41, 5.74) is 4.24. The van der Waals surface area contributed by atoms with Gasteiger partial charge in [0.15, 0.2) is 18.1 Å². The molecule has 3 aromatic carbocycles. The van der Waals surface area contributed by atoms with Crippen molar-refractivity contribution in [3.05, 3.63) is 88.9 Å². The van der Waals surface area contributed by atoms with Crippen LogP contribution in [0.4, 0.5) is 0 Å². The first-order chi connectivity index (χ1) is 15.2. The first-order valence-electron chi connectivity index (χ1n) is 9.78. The van der Waals surface area contributed by atoms with Crippen LogP contribution in [-0.4, -0.2) is 25.3 Å². The average Bonchev–Trinajstić information content (AvgIpc) is 2.79. The molecule has 160 valence electrons. The number of para-hydroxylation sites is 1. The van der Waals surface area contributed by atoms with Crippen molar-refractivity contribution in [1.82, 2.24) is 5.43 Å². The van der Waals surface area contributed by atoms with Gasteiger partial charge in [-0.1, -0.05) is 54.1 Å². The molecule has 0 aliphatic heterocycles. The molecule has 0 bridgehead atoms. The molecule has 0 fully saturated rings. The molecule has 0 unspecified atom stereocenters. The van der Waals surface area contributed by atoms with Crippen molar-refractivity contribution in [3.8, 4) is 17.2 Å². The fourth-order valence-corrected chi connectivity index (χ4v) is 2.83. The second kappa shape index (κ2) is 11.6. The number of nitrogens with one attached hydrogen (secondary N) is 1. The number of hydrazone groups is 1. The lowest BCUT2D eigenvalue weighted by Crippen LogP contribution is -2.24. The van der Waals surface area contributed by atoms with Crippen LogP contribution in [0, 0.1) is 0 Å². The third-order valence-electron chi connectivity index (χ3n) is 4.10. The van der Waals surface area contributed by atoms with Gasteiger partial charge in [-0.2, -0.15) is 5.10 Å². The normalized spacial score (nSPS) is 10.6. The summed E-state index contributed by atoms with van der Waals surface area (Å²) in [4.78, 5) is 11.9. The molecule has 0 saturated heterocycles. The molecular weight excluding hydrogens is 416 g/mol. The van der Waals surface area contributed by atoms with Crippen molar-refractivity contribution in [2.24, 2.45) is 5.10 Å². The van der Waals surface area contributed by atoms with Crippen LogP contribution in [0.2, 0.25) is 5.02 Å². The monoisotopic (exact) mass is 438 g/mol. The number of carbonyl (C=O) groups is 1. The topological polar surface area (TPSA) is 69.2 Å². The third kappa shape index (κ3) is 7.04. The number of halogens is 1. The molecular formula is C24H23ClN2O4. The molecule has 3 rings (SSSR count). The maximum atomic E-state index is 11.9. The smallest absolute Gasteiger partial charge is 0.277 e. The van der Waals surface area contributed by atoms with Crippen LogP contribution >= 0.6 is 11.6 Å². The van der Waals surface area contributed by atoms with Gasteiger partial charge < -0.3 is 14.2 Å². The Hall–Kier alpha value is -3.51. The summed E-state index contributed by atoms with van der Waals surface area (Å²) in [6, 6.07) is 22.3. The molecule has 3 aromatic rings. The molecule has 7 heteroatoms. The van der Waals surface area contributed by atoms with E-state index in [2.05, 4.69) is 10.5 Å². The van der Waals surface area contributed by atoms with Crippen LogP contribution in [0.25, 0.3) is 0 Å². The predicted octanol–water partition coefficient (Wildman–Crippen LogP) is 4.85. The summed E-state index contributed by atoms with van der Waals surface area (Å²) in [6.45, 7) is 2.65. The molecule has 0 atom stereocenters. The summed E-state index contributed by atoms with van der Waals surface area (Å²) < 4.78 is 17.0. The minimum Gasteiger partial charge on any atom is -0.490 e. The SMILES string of the molecule is CCOc1cc(/C=N\NC(=O)COc2ccccc2Cl)ccc1OCc1ccccc1. The van der Waals surface area contributed by atoms with Crippen molar-refractivity contribution >= 4 is 23.7 Å². The van der Waals surface area contributed by atoms with Crippen LogP contribution in [0.5, 0.6) is 17.2 Å². The molecule has 1 amide bonds. The second-order valence-corrected chi connectivity index (χ2v) is 6.83. The first kappa shape index (κ1) is 22.2. The lowest BCUT2D eigenvalue weighted by atomic mass is 10.2. The lowest BCUT2D eigenvalue weighted by Gasteiger charge is -2.12. The Labute approximate surface area is 186 Å². The number of rotatable bonds is 10. The van der Waals surface area contributed by atoms with Gasteiger partial charge in [0, 0.05) is 0 Å². The zero-order valence-electron chi connectivity index (χ0n) is 17.1. The van der Waals surface area contributed by atoms with Gasteiger partial charge in [-0.15, -0.1) is 0 Å². The fourth-order valence-electron chi connectivity index (χ4n) is 2.64. The van der Waals surface area contributed by atoms with Crippen molar-refractivity contribution in [3.63, 3.8) is 0 Å². The van der Waals surface area contributed by atoms with Crippen LogP contribution in [-0.2, 0) is 11.4 Å². The Balaban J connectivity index is 1.55. The van der Waals surface area contributed by atoms with Gasteiger partial charge in [-0.05, 0) is 48.4 Å². The van der Waals surface area contributed by atoms with E-state index >= 15 is 0 Å². The van der Waals surface area contributed by atoms with Gasteiger partial charge in [0.25, 0.3) is 5.91 Å². The zero-order chi connectivity index (χ0) is 21.9. The van der Waals surface area contributed by atoms with E-state index in [1.165, 1.54) is 6.21 Å². The van der Waals surface area contributed by atoms with Crippen LogP contribution in [0.15, 0.2) is 77.9 Å². The van der Waals surface area contributed by atoms with Gasteiger partial charge in [0.2, 0.25) is 0 Å². The molecule has 0 heterocycles. The lowest BCUT2D eigenvalue weighted by molar-refractivity contribution is -0.123. The summed E-state index contributed by atoms with van der Waals surface area (Å²) in [5.74, 6) is 1.29. The Kier molecular flexibility index (Phi) is 8.31. The fraction of sp³-hybridized carbons (Fsp3) is 0.167. The molecule has 0 saturated carbocycles. The molecule has 0 radical (unpaired) electrons. The minimum absolute atomic E-state index is 0.197. The largest absolute Gasteiger partial charge is 0.490 e. The molecule has 0 aliphatic rings. The van der Waals surface area contributed by atoms with Gasteiger partial charge >= 0.3 is 0 Å². The van der Waals surface area contributed by atoms with Crippen LogP contribution in [0.1, 0.15) is 18.1 Å². The second-order valence-electron chi connectivity index (χ2n) is 6.43. The minimum atomic E-state index is -0.399. The van der Waals surface area contributed by atoms with E-state index in [4.69, 9.17) is 25.8 Å². The van der Waals surface area contributed by atoms with E-state index in [9.17, 15) is 4.79 Å². The van der Waals surface area contributed by atoms with Gasteiger partial charge in [-0.25, -0.2) is 5.43 Å². The van der Waals surface area contributed by atoms with E-state index < -0.39 is 5.91 Å². The maximum Gasteiger partial charge on any atom is 0.277 e. The average molecular weight is 439 g/mol. The molecule has 1 N–H and O–H groups in total. The zero-order valence-corrected chi connectivity index (χ0v) is 17.8. The molecule has 31 heavy (non-hydrogen) atoms. The van der Waals surface area contributed by atoms with Crippen molar-refractivity contribution in [1.29, 1.82) is 0 Å². The number of amides is 1. The van der Waals surface area contributed by atoms with Crippen LogP contribution < -0.4 is 19.6 Å². The van der Waals surface area contributed by atoms with Gasteiger partial charge in [-0.3, -0.25) is 4.79 Å². The van der Waals surface area contributed by atoms with Gasteiger partial charge in [0.1, 0.15) is 12.4 Å². The molecule has 0 aromatic heterocycles. The quantitative estimate of drug-likeness (QED) is 0.363. The summed E-state index contributed by atoms with van der Waals surface area (Å²) in [7, 11) is 0. The first-order valence-corrected chi connectivity index (χ1v) is 10.2. The standard InChI is InChI=1S/C24H23ClN2O4/c1-2-29-23-14-19(12-13-22(23)30-16-18-8-4-3-5-9-18)15-26-27-24(28)17-31-21-11-7-6-10-20(21)25/h3-15H,2,16-17H2,1H3,(H,27,28)/b26-15-. The third-order valence-corrected chi connectivity index (χ3v) is 4.42. The van der Waals surface area contributed by atoms with E-state index in [-0.39, 0.29) is 6.61 Å². The summed E-state index contributed by atoms with van der Waals surface area (Å²) >= 11 is 5.99. The highest BCUT2D eigenvalue weighted by Gasteiger charge is 2.07. The molecule has 0 spiro atoms. The van der Waals surface area contributed by atoms with E-state index in [1.54, 1.807) is 30.3 Å². The molecule has 0 aliphatic carbocycles. The van der Waals surface area contributed by atoms with Crippen LogP contribution in [0.3, 0.4) is 0 Å². The number of hydrogen-bond donors (Lipinski definition) is 1. The van der Waals surface area contributed by atoms with Crippen molar-refractivity contribution < 1.29 is 19.0 Å². The number of benzene rings is 3. The van der Waals surface area contributed by atoms with Gasteiger partial charge in [0.05, 0.1) is 17.8 Å². The van der Waals surface area contributed by atoms with E-state index in [0.717, 1.165) is 11.1 Å².